The number of amides is 2. The van der Waals surface area contributed by atoms with E-state index < -0.39 is 0 Å². The molecule has 0 spiro atoms. The summed E-state index contributed by atoms with van der Waals surface area (Å²) in [5.74, 6) is 0.865. The first-order chi connectivity index (χ1) is 13.2. The van der Waals surface area contributed by atoms with Crippen LogP contribution in [0.15, 0.2) is 30.3 Å². The fraction of sp³-hybridized carbons (Fsp3) is 0.636. The maximum atomic E-state index is 12.1. The molecule has 1 heterocycles. The molecule has 2 aliphatic rings. The molecule has 1 aromatic carbocycles. The van der Waals surface area contributed by atoms with Gasteiger partial charge in [0.1, 0.15) is 6.61 Å². The zero-order valence-corrected chi connectivity index (χ0v) is 16.2. The molecule has 1 aliphatic carbocycles. The highest BCUT2D eigenvalue weighted by atomic mass is 16.5. The Morgan fingerprint density at radius 3 is 2.70 bits per heavy atom. The Balaban J connectivity index is 1.35. The van der Waals surface area contributed by atoms with Crippen LogP contribution in [0.2, 0.25) is 0 Å². The van der Waals surface area contributed by atoms with E-state index in [1.807, 2.05) is 23.1 Å². The summed E-state index contributed by atoms with van der Waals surface area (Å²) in [5.41, 5.74) is 1.23. The van der Waals surface area contributed by atoms with Crippen LogP contribution in [0.5, 0.6) is 0 Å². The molecular formula is C22H32N2O3. The van der Waals surface area contributed by atoms with Crippen molar-refractivity contribution in [1.29, 1.82) is 0 Å². The van der Waals surface area contributed by atoms with E-state index in [1.54, 1.807) is 0 Å². The summed E-state index contributed by atoms with van der Waals surface area (Å²) < 4.78 is 5.61. The molecule has 5 nitrogen and oxygen atoms in total. The van der Waals surface area contributed by atoms with Gasteiger partial charge in [0, 0.05) is 26.1 Å². The lowest BCUT2D eigenvalue weighted by molar-refractivity contribution is -0.148. The molecule has 0 aromatic heterocycles. The maximum absolute atomic E-state index is 12.1. The number of morpholine rings is 1. The van der Waals surface area contributed by atoms with Crippen LogP contribution in [0, 0.1) is 5.92 Å². The summed E-state index contributed by atoms with van der Waals surface area (Å²) in [6.45, 7) is 1.84. The zero-order valence-electron chi connectivity index (χ0n) is 16.2. The number of ether oxygens (including phenoxy) is 1. The second-order valence-electron chi connectivity index (χ2n) is 7.86. The molecule has 148 valence electrons. The topological polar surface area (TPSA) is 58.6 Å². The molecule has 0 bridgehead atoms. The molecule has 5 heteroatoms. The SMILES string of the molecule is O=C(CCC1CCCCC1)NCC1CN(CCc2ccccc2)C(=O)CO1. The Labute approximate surface area is 162 Å². The summed E-state index contributed by atoms with van der Waals surface area (Å²) >= 11 is 0. The van der Waals surface area contributed by atoms with Gasteiger partial charge < -0.3 is 15.0 Å². The van der Waals surface area contributed by atoms with Gasteiger partial charge in [0.05, 0.1) is 6.10 Å². The predicted octanol–water partition coefficient (Wildman–Crippen LogP) is 2.93. The molecule has 2 amide bonds. The lowest BCUT2D eigenvalue weighted by Crippen LogP contribution is -2.51. The van der Waals surface area contributed by atoms with Crippen LogP contribution in [-0.2, 0) is 20.7 Å². The lowest BCUT2D eigenvalue weighted by Gasteiger charge is -2.33. The van der Waals surface area contributed by atoms with Crippen molar-refractivity contribution in [3.05, 3.63) is 35.9 Å². The van der Waals surface area contributed by atoms with E-state index in [9.17, 15) is 9.59 Å². The third-order valence-corrected chi connectivity index (χ3v) is 5.76. The Morgan fingerprint density at radius 2 is 1.93 bits per heavy atom. The zero-order chi connectivity index (χ0) is 18.9. The standard InChI is InChI=1S/C22H32N2O3/c25-21(12-11-18-7-3-1-4-8-18)23-15-20-16-24(22(26)17-27-20)14-13-19-9-5-2-6-10-19/h2,5-6,9-10,18,20H,1,3-4,7-8,11-17H2,(H,23,25). The molecular weight excluding hydrogens is 340 g/mol. The second kappa shape index (κ2) is 10.5. The van der Waals surface area contributed by atoms with Crippen molar-refractivity contribution in [3.8, 4) is 0 Å². The molecule has 1 aromatic rings. The minimum atomic E-state index is -0.114. The smallest absolute Gasteiger partial charge is 0.248 e. The Bertz CT molecular complexity index is 599. The predicted molar refractivity (Wildman–Crippen MR) is 105 cm³/mol. The minimum Gasteiger partial charge on any atom is -0.365 e. The Hall–Kier alpha value is -1.88. The molecule has 1 saturated heterocycles. The van der Waals surface area contributed by atoms with Crippen LogP contribution < -0.4 is 5.32 Å². The first-order valence-electron chi connectivity index (χ1n) is 10.4. The van der Waals surface area contributed by atoms with Crippen molar-refractivity contribution in [1.82, 2.24) is 10.2 Å². The van der Waals surface area contributed by atoms with Gasteiger partial charge >= 0.3 is 0 Å². The lowest BCUT2D eigenvalue weighted by atomic mass is 9.86. The second-order valence-corrected chi connectivity index (χ2v) is 7.86. The average Bonchev–Trinajstić information content (AvgIpc) is 2.72. The highest BCUT2D eigenvalue weighted by Gasteiger charge is 2.26. The number of carbonyl (C=O) groups excluding carboxylic acids is 2. The van der Waals surface area contributed by atoms with Gasteiger partial charge in [0.25, 0.3) is 0 Å². The van der Waals surface area contributed by atoms with Crippen LogP contribution in [-0.4, -0.2) is 49.1 Å². The first-order valence-corrected chi connectivity index (χ1v) is 10.4. The molecule has 1 saturated carbocycles. The largest absolute Gasteiger partial charge is 0.365 e. The van der Waals surface area contributed by atoms with E-state index in [-0.39, 0.29) is 24.5 Å². The number of benzene rings is 1. The molecule has 2 fully saturated rings. The molecule has 1 N–H and O–H groups in total. The Kier molecular flexibility index (Phi) is 7.69. The third-order valence-electron chi connectivity index (χ3n) is 5.76. The number of carbonyl (C=O) groups is 2. The van der Waals surface area contributed by atoms with Crippen molar-refractivity contribution in [3.63, 3.8) is 0 Å². The van der Waals surface area contributed by atoms with Gasteiger partial charge in [-0.25, -0.2) is 0 Å². The van der Waals surface area contributed by atoms with E-state index in [2.05, 4.69) is 17.4 Å². The van der Waals surface area contributed by atoms with E-state index in [0.717, 1.165) is 18.8 Å². The van der Waals surface area contributed by atoms with Crippen LogP contribution in [0.1, 0.15) is 50.5 Å². The van der Waals surface area contributed by atoms with Gasteiger partial charge in [0.15, 0.2) is 0 Å². The number of hydrogen-bond acceptors (Lipinski definition) is 3. The highest BCUT2D eigenvalue weighted by Crippen LogP contribution is 2.27. The molecule has 3 rings (SSSR count). The van der Waals surface area contributed by atoms with Crippen molar-refractivity contribution in [2.45, 2.75) is 57.5 Å². The van der Waals surface area contributed by atoms with Crippen molar-refractivity contribution in [2.75, 3.05) is 26.2 Å². The van der Waals surface area contributed by atoms with Crippen molar-refractivity contribution in [2.24, 2.45) is 5.92 Å². The number of nitrogens with zero attached hydrogens (tertiary/aromatic N) is 1. The van der Waals surface area contributed by atoms with E-state index in [4.69, 9.17) is 4.74 Å². The first kappa shape index (κ1) is 19.9. The van der Waals surface area contributed by atoms with Gasteiger partial charge in [0.2, 0.25) is 11.8 Å². The fourth-order valence-electron chi connectivity index (χ4n) is 4.06. The van der Waals surface area contributed by atoms with E-state index in [0.29, 0.717) is 26.1 Å². The number of nitrogens with one attached hydrogen (secondary N) is 1. The summed E-state index contributed by atoms with van der Waals surface area (Å²) in [6.07, 6.45) is 8.86. The molecule has 1 atom stereocenters. The van der Waals surface area contributed by atoms with Crippen LogP contribution in [0.25, 0.3) is 0 Å². The number of hydrogen-bond donors (Lipinski definition) is 1. The van der Waals surface area contributed by atoms with Crippen molar-refractivity contribution < 1.29 is 14.3 Å². The van der Waals surface area contributed by atoms with Gasteiger partial charge in [-0.3, -0.25) is 9.59 Å². The van der Waals surface area contributed by atoms with Crippen LogP contribution >= 0.6 is 0 Å². The van der Waals surface area contributed by atoms with E-state index >= 15 is 0 Å². The fourth-order valence-corrected chi connectivity index (χ4v) is 4.06. The van der Waals surface area contributed by atoms with Gasteiger partial charge in [-0.2, -0.15) is 0 Å². The Morgan fingerprint density at radius 1 is 1.15 bits per heavy atom. The van der Waals surface area contributed by atoms with Gasteiger partial charge in [-0.1, -0.05) is 62.4 Å². The highest BCUT2D eigenvalue weighted by molar-refractivity contribution is 5.78. The molecule has 1 aliphatic heterocycles. The quantitative estimate of drug-likeness (QED) is 0.763. The molecule has 1 unspecified atom stereocenters. The van der Waals surface area contributed by atoms with Crippen molar-refractivity contribution >= 4 is 11.8 Å². The van der Waals surface area contributed by atoms with E-state index in [1.165, 1.54) is 37.7 Å². The summed E-state index contributed by atoms with van der Waals surface area (Å²) in [5, 5.41) is 3.00. The van der Waals surface area contributed by atoms with Gasteiger partial charge in [-0.15, -0.1) is 0 Å². The van der Waals surface area contributed by atoms with Crippen LogP contribution in [0.4, 0.5) is 0 Å². The molecule has 0 radical (unpaired) electrons. The maximum Gasteiger partial charge on any atom is 0.248 e. The summed E-state index contributed by atoms with van der Waals surface area (Å²) in [6, 6.07) is 10.2. The van der Waals surface area contributed by atoms with Gasteiger partial charge in [-0.05, 0) is 24.3 Å². The molecule has 27 heavy (non-hydrogen) atoms. The number of rotatable bonds is 8. The average molecular weight is 373 g/mol. The normalized spacial score (nSPS) is 21.3. The monoisotopic (exact) mass is 372 g/mol. The summed E-state index contributed by atoms with van der Waals surface area (Å²) in [7, 11) is 0. The minimum absolute atomic E-state index is 0.0332. The van der Waals surface area contributed by atoms with Crippen LogP contribution in [0.3, 0.4) is 0 Å². The summed E-state index contributed by atoms with van der Waals surface area (Å²) in [4.78, 5) is 26.1. The third kappa shape index (κ3) is 6.65.